The van der Waals surface area contributed by atoms with Crippen molar-refractivity contribution in [2.45, 2.75) is 58.3 Å². The van der Waals surface area contributed by atoms with E-state index in [1.165, 1.54) is 0 Å². The van der Waals surface area contributed by atoms with Crippen LogP contribution in [-0.2, 0) is 17.7 Å². The molecule has 0 radical (unpaired) electrons. The fourth-order valence-corrected chi connectivity index (χ4v) is 4.52. The van der Waals surface area contributed by atoms with Crippen LogP contribution in [0.2, 0.25) is 0 Å². The van der Waals surface area contributed by atoms with Crippen molar-refractivity contribution in [3.8, 4) is 29.1 Å². The normalized spacial score (nSPS) is 13.3. The smallest absolute Gasteiger partial charge is 0.294 e. The Labute approximate surface area is 236 Å². The van der Waals surface area contributed by atoms with E-state index in [-0.39, 0.29) is 37.6 Å². The Kier molecular flexibility index (Phi) is 13.3. The molecule has 3 unspecified atom stereocenters. The number of benzene rings is 2. The number of hydrogen-bond acceptors (Lipinski definition) is 10. The first-order valence-corrected chi connectivity index (χ1v) is 13.4. The van der Waals surface area contributed by atoms with Gasteiger partial charge in [-0.3, -0.25) is 4.90 Å². The molecule has 0 saturated heterocycles. The standard InChI is InChI=1S/C29H42N4O7/c1-7-24(32(4)15-13-22-8-10-25(36-5)27(16-22)37-6)29(20(2)3)39-26-11-9-21(12-14-30)17-28(26)38-19-23(18-31)40-33(34)35/h8-11,16-17,20,23-24,29H,7,12-13,15,18-19,31H2,1-6H3. The fraction of sp³-hybridized carbons (Fsp3) is 0.552. The van der Waals surface area contributed by atoms with Crippen LogP contribution >= 0.6 is 0 Å². The molecule has 2 aromatic carbocycles. The number of methoxy groups -OCH3 is 2. The van der Waals surface area contributed by atoms with E-state index in [1.807, 2.05) is 24.3 Å². The highest BCUT2D eigenvalue weighted by Crippen LogP contribution is 2.33. The van der Waals surface area contributed by atoms with E-state index in [4.69, 9.17) is 29.9 Å². The predicted molar refractivity (Wildman–Crippen MR) is 151 cm³/mol. The van der Waals surface area contributed by atoms with Crippen molar-refractivity contribution in [2.24, 2.45) is 11.7 Å². The highest BCUT2D eigenvalue weighted by molar-refractivity contribution is 5.44. The molecule has 40 heavy (non-hydrogen) atoms. The minimum absolute atomic E-state index is 0.0846. The van der Waals surface area contributed by atoms with E-state index in [9.17, 15) is 10.1 Å². The van der Waals surface area contributed by atoms with Gasteiger partial charge in [-0.15, -0.1) is 10.1 Å². The van der Waals surface area contributed by atoms with Crippen LogP contribution < -0.4 is 24.7 Å². The Morgan fingerprint density at radius 1 is 1.05 bits per heavy atom. The van der Waals surface area contributed by atoms with E-state index in [0.717, 1.165) is 30.5 Å². The highest BCUT2D eigenvalue weighted by atomic mass is 17.0. The van der Waals surface area contributed by atoms with Crippen LogP contribution in [0, 0.1) is 27.4 Å². The summed E-state index contributed by atoms with van der Waals surface area (Å²) >= 11 is 0. The van der Waals surface area contributed by atoms with Gasteiger partial charge in [-0.05, 0) is 61.2 Å². The Balaban J connectivity index is 2.23. The summed E-state index contributed by atoms with van der Waals surface area (Å²) < 4.78 is 23.3. The van der Waals surface area contributed by atoms with Gasteiger partial charge >= 0.3 is 0 Å². The first kappa shape index (κ1) is 32.5. The van der Waals surface area contributed by atoms with Gasteiger partial charge < -0.3 is 29.5 Å². The quantitative estimate of drug-likeness (QED) is 0.210. The van der Waals surface area contributed by atoms with Gasteiger partial charge in [-0.2, -0.15) is 5.26 Å². The molecule has 0 fully saturated rings. The van der Waals surface area contributed by atoms with Gasteiger partial charge in [-0.25, -0.2) is 0 Å². The van der Waals surface area contributed by atoms with Crippen LogP contribution in [0.1, 0.15) is 38.3 Å². The van der Waals surface area contributed by atoms with Crippen molar-refractivity contribution in [3.63, 3.8) is 0 Å². The molecule has 0 aromatic heterocycles. The maximum atomic E-state index is 10.8. The summed E-state index contributed by atoms with van der Waals surface area (Å²) in [4.78, 5) is 17.7. The molecule has 0 spiro atoms. The molecular formula is C29H42N4O7. The lowest BCUT2D eigenvalue weighted by molar-refractivity contribution is -0.768. The maximum absolute atomic E-state index is 10.8. The van der Waals surface area contributed by atoms with Crippen molar-refractivity contribution in [3.05, 3.63) is 57.6 Å². The van der Waals surface area contributed by atoms with Gasteiger partial charge in [0.2, 0.25) is 0 Å². The third-order valence-corrected chi connectivity index (χ3v) is 6.70. The largest absolute Gasteiger partial charge is 0.493 e. The van der Waals surface area contributed by atoms with Gasteiger partial charge in [0, 0.05) is 19.1 Å². The van der Waals surface area contributed by atoms with Crippen molar-refractivity contribution < 1.29 is 28.9 Å². The van der Waals surface area contributed by atoms with Crippen LogP contribution in [-0.4, -0.2) is 69.2 Å². The molecule has 2 N–H and O–H groups in total. The third-order valence-electron chi connectivity index (χ3n) is 6.70. The SMILES string of the molecule is CCC(C(Oc1ccc(CC#N)cc1OCC(CN)O[N+](=O)[O-])C(C)C)N(C)CCc1ccc(OC)c(OC)c1. The van der Waals surface area contributed by atoms with Crippen molar-refractivity contribution in [1.82, 2.24) is 4.90 Å². The highest BCUT2D eigenvalue weighted by Gasteiger charge is 2.29. The average molecular weight is 559 g/mol. The lowest BCUT2D eigenvalue weighted by atomic mass is 9.95. The first-order valence-electron chi connectivity index (χ1n) is 13.4. The summed E-state index contributed by atoms with van der Waals surface area (Å²) in [6, 6.07) is 13.5. The number of rotatable bonds is 18. The molecule has 0 aliphatic heterocycles. The second-order valence-electron chi connectivity index (χ2n) is 9.84. The summed E-state index contributed by atoms with van der Waals surface area (Å²) in [7, 11) is 5.33. The first-order chi connectivity index (χ1) is 19.2. The topological polar surface area (TPSA) is 142 Å². The molecule has 0 aliphatic rings. The van der Waals surface area contributed by atoms with Crippen LogP contribution in [0.3, 0.4) is 0 Å². The zero-order valence-corrected chi connectivity index (χ0v) is 24.3. The molecule has 3 atom stereocenters. The Bertz CT molecular complexity index is 1120. The summed E-state index contributed by atoms with van der Waals surface area (Å²) in [6.45, 7) is 6.90. The summed E-state index contributed by atoms with van der Waals surface area (Å²) in [5, 5.41) is 19.0. The van der Waals surface area contributed by atoms with E-state index >= 15 is 0 Å². The van der Waals surface area contributed by atoms with Crippen LogP contribution in [0.4, 0.5) is 0 Å². The lowest BCUT2D eigenvalue weighted by Crippen LogP contribution is -2.47. The molecule has 0 amide bonds. The van der Waals surface area contributed by atoms with Crippen LogP contribution in [0.5, 0.6) is 23.0 Å². The second-order valence-corrected chi connectivity index (χ2v) is 9.84. The Hall–Kier alpha value is -3.75. The van der Waals surface area contributed by atoms with Crippen LogP contribution in [0.15, 0.2) is 36.4 Å². The molecule has 11 nitrogen and oxygen atoms in total. The summed E-state index contributed by atoms with van der Waals surface area (Å²) in [6.07, 6.45) is 0.720. The molecule has 0 bridgehead atoms. The van der Waals surface area contributed by atoms with Crippen molar-refractivity contribution >= 4 is 0 Å². The number of hydrogen-bond donors (Lipinski definition) is 1. The van der Waals surface area contributed by atoms with Crippen molar-refractivity contribution in [2.75, 3.05) is 41.0 Å². The minimum Gasteiger partial charge on any atom is -0.493 e. The Morgan fingerprint density at radius 2 is 1.70 bits per heavy atom. The summed E-state index contributed by atoms with van der Waals surface area (Å²) in [5.41, 5.74) is 7.49. The molecule has 0 heterocycles. The van der Waals surface area contributed by atoms with E-state index in [0.29, 0.717) is 23.0 Å². The van der Waals surface area contributed by atoms with Crippen LogP contribution in [0.25, 0.3) is 0 Å². The predicted octanol–water partition coefficient (Wildman–Crippen LogP) is 4.04. The number of nitrogens with zero attached hydrogens (tertiary/aromatic N) is 3. The monoisotopic (exact) mass is 558 g/mol. The molecule has 220 valence electrons. The lowest BCUT2D eigenvalue weighted by Gasteiger charge is -2.37. The van der Waals surface area contributed by atoms with Gasteiger partial charge in [0.05, 0.1) is 26.7 Å². The van der Waals surface area contributed by atoms with Gasteiger partial charge in [0.1, 0.15) is 12.7 Å². The number of ether oxygens (including phenoxy) is 4. The molecule has 2 aromatic rings. The Morgan fingerprint density at radius 3 is 2.27 bits per heavy atom. The number of likely N-dealkylation sites (N-methyl/N-ethyl adjacent to an activating group) is 1. The van der Waals surface area contributed by atoms with Gasteiger partial charge in [-0.1, -0.05) is 32.9 Å². The maximum Gasteiger partial charge on any atom is 0.294 e. The molecule has 0 saturated carbocycles. The molecular weight excluding hydrogens is 516 g/mol. The zero-order valence-electron chi connectivity index (χ0n) is 24.3. The number of nitrogens with two attached hydrogens (primary N) is 1. The minimum atomic E-state index is -0.936. The molecule has 2 rings (SSSR count). The van der Waals surface area contributed by atoms with E-state index < -0.39 is 11.2 Å². The van der Waals surface area contributed by atoms with Gasteiger partial charge in [0.25, 0.3) is 5.09 Å². The number of nitriles is 1. The van der Waals surface area contributed by atoms with E-state index in [2.05, 4.69) is 43.6 Å². The molecule has 0 aliphatic carbocycles. The molecule has 11 heteroatoms. The average Bonchev–Trinajstić information content (AvgIpc) is 2.94. The third kappa shape index (κ3) is 9.47. The fourth-order valence-electron chi connectivity index (χ4n) is 4.52. The zero-order chi connectivity index (χ0) is 29.7. The van der Waals surface area contributed by atoms with Crippen molar-refractivity contribution in [1.29, 1.82) is 5.26 Å². The summed E-state index contributed by atoms with van der Waals surface area (Å²) in [5.74, 6) is 2.43. The second kappa shape index (κ2) is 16.4. The van der Waals surface area contributed by atoms with Gasteiger partial charge in [0.15, 0.2) is 29.1 Å². The van der Waals surface area contributed by atoms with E-state index in [1.54, 1.807) is 26.4 Å².